The summed E-state index contributed by atoms with van der Waals surface area (Å²) in [5.74, 6) is -1.50. The van der Waals surface area contributed by atoms with Crippen molar-refractivity contribution in [3.63, 3.8) is 0 Å². The molecule has 0 aromatic rings. The van der Waals surface area contributed by atoms with Gasteiger partial charge in [0.2, 0.25) is 0 Å². The van der Waals surface area contributed by atoms with Crippen LogP contribution in [0.5, 0.6) is 0 Å². The van der Waals surface area contributed by atoms with Crippen molar-refractivity contribution in [2.75, 3.05) is 26.2 Å². The lowest BCUT2D eigenvalue weighted by atomic mass is 9.88. The summed E-state index contributed by atoms with van der Waals surface area (Å²) in [6.45, 7) is 4.71. The molecule has 2 aliphatic rings. The third-order valence-electron chi connectivity index (χ3n) is 4.33. The Hall–Kier alpha value is -1.14. The van der Waals surface area contributed by atoms with E-state index in [1.807, 2.05) is 0 Å². The number of nitrogens with zero attached hydrogens (tertiary/aromatic N) is 1. The number of carbonyl (C=O) groups is 2. The van der Waals surface area contributed by atoms with Gasteiger partial charge in [0.15, 0.2) is 0 Å². The first kappa shape index (κ1) is 15.3. The van der Waals surface area contributed by atoms with Crippen LogP contribution in [0.25, 0.3) is 0 Å². The summed E-state index contributed by atoms with van der Waals surface area (Å²) in [4.78, 5) is 25.5. The number of ether oxygens (including phenoxy) is 1. The molecule has 20 heavy (non-hydrogen) atoms. The number of esters is 1. The number of hydrogen-bond donors (Lipinski definition) is 2. The van der Waals surface area contributed by atoms with Crippen molar-refractivity contribution >= 4 is 11.9 Å². The molecule has 0 aromatic carbocycles. The van der Waals surface area contributed by atoms with E-state index >= 15 is 0 Å². The summed E-state index contributed by atoms with van der Waals surface area (Å²) in [5, 5.41) is 12.5. The molecule has 2 heterocycles. The number of piperidine rings is 2. The van der Waals surface area contributed by atoms with Gasteiger partial charge in [-0.05, 0) is 45.7 Å². The van der Waals surface area contributed by atoms with Crippen molar-refractivity contribution in [3.05, 3.63) is 0 Å². The lowest BCUT2D eigenvalue weighted by Crippen LogP contribution is -2.55. The van der Waals surface area contributed by atoms with Crippen LogP contribution >= 0.6 is 0 Å². The molecule has 0 saturated carbocycles. The number of rotatable bonds is 4. The number of nitrogens with one attached hydrogen (secondary N) is 1. The maximum atomic E-state index is 12.1. The summed E-state index contributed by atoms with van der Waals surface area (Å²) < 4.78 is 5.14. The summed E-state index contributed by atoms with van der Waals surface area (Å²) in [6, 6.07) is -0.0340. The fourth-order valence-corrected chi connectivity index (χ4v) is 3.25. The second-order valence-corrected chi connectivity index (χ2v) is 5.55. The number of likely N-dealkylation sites (tertiary alicyclic amines) is 1. The van der Waals surface area contributed by atoms with Crippen molar-refractivity contribution in [1.29, 1.82) is 0 Å². The Morgan fingerprint density at radius 1 is 1.30 bits per heavy atom. The third-order valence-corrected chi connectivity index (χ3v) is 4.33. The topological polar surface area (TPSA) is 78.9 Å². The molecule has 2 aliphatic heterocycles. The van der Waals surface area contributed by atoms with E-state index in [2.05, 4.69) is 10.2 Å². The predicted octanol–water partition coefficient (Wildman–Crippen LogP) is 0.467. The number of carbonyl (C=O) groups excluding carboxylic acids is 1. The Balaban J connectivity index is 2.07. The fourth-order valence-electron chi connectivity index (χ4n) is 3.25. The molecule has 2 saturated heterocycles. The lowest BCUT2D eigenvalue weighted by Gasteiger charge is -2.43. The molecule has 6 nitrogen and oxygen atoms in total. The summed E-state index contributed by atoms with van der Waals surface area (Å²) >= 11 is 0. The Morgan fingerprint density at radius 2 is 2.00 bits per heavy atom. The minimum absolute atomic E-state index is 0.267. The largest absolute Gasteiger partial charge is 0.481 e. The molecule has 1 unspecified atom stereocenters. The Labute approximate surface area is 119 Å². The number of carboxylic acid groups (broad SMARTS) is 1. The van der Waals surface area contributed by atoms with Crippen LogP contribution in [-0.2, 0) is 14.3 Å². The van der Waals surface area contributed by atoms with Crippen molar-refractivity contribution in [2.45, 2.75) is 44.7 Å². The van der Waals surface area contributed by atoms with Crippen LogP contribution in [0.4, 0.5) is 0 Å². The maximum absolute atomic E-state index is 12.1. The predicted molar refractivity (Wildman–Crippen MR) is 73.4 cm³/mol. The highest BCUT2D eigenvalue weighted by molar-refractivity contribution is 5.78. The van der Waals surface area contributed by atoms with E-state index in [0.717, 1.165) is 25.9 Å². The van der Waals surface area contributed by atoms with Gasteiger partial charge in [0.05, 0.1) is 12.5 Å². The zero-order valence-corrected chi connectivity index (χ0v) is 12.0. The monoisotopic (exact) mass is 284 g/mol. The lowest BCUT2D eigenvalue weighted by molar-refractivity contribution is -0.156. The number of carboxylic acids is 1. The zero-order chi connectivity index (χ0) is 14.5. The van der Waals surface area contributed by atoms with Gasteiger partial charge in [-0.2, -0.15) is 0 Å². The molecule has 114 valence electrons. The van der Waals surface area contributed by atoms with E-state index in [1.165, 1.54) is 0 Å². The van der Waals surface area contributed by atoms with E-state index < -0.39 is 17.9 Å². The zero-order valence-electron chi connectivity index (χ0n) is 12.0. The van der Waals surface area contributed by atoms with E-state index in [9.17, 15) is 14.7 Å². The molecule has 0 aromatic heterocycles. The van der Waals surface area contributed by atoms with Gasteiger partial charge in [-0.25, -0.2) is 0 Å². The molecule has 0 radical (unpaired) electrons. The number of aliphatic carboxylic acids is 1. The van der Waals surface area contributed by atoms with Crippen LogP contribution in [0, 0.1) is 5.92 Å². The van der Waals surface area contributed by atoms with Gasteiger partial charge in [0.25, 0.3) is 0 Å². The first-order chi connectivity index (χ1) is 9.63. The van der Waals surface area contributed by atoms with Crippen molar-refractivity contribution in [1.82, 2.24) is 10.2 Å². The van der Waals surface area contributed by atoms with E-state index in [-0.39, 0.29) is 5.97 Å². The van der Waals surface area contributed by atoms with Gasteiger partial charge in [0.1, 0.15) is 6.04 Å². The molecular formula is C14H24N2O4. The van der Waals surface area contributed by atoms with Crippen LogP contribution in [0.2, 0.25) is 0 Å². The molecule has 2 atom stereocenters. The van der Waals surface area contributed by atoms with Gasteiger partial charge in [-0.15, -0.1) is 0 Å². The van der Waals surface area contributed by atoms with Gasteiger partial charge in [0, 0.05) is 12.6 Å². The summed E-state index contributed by atoms with van der Waals surface area (Å²) in [5.41, 5.74) is 0. The summed E-state index contributed by atoms with van der Waals surface area (Å²) in [7, 11) is 0. The minimum atomic E-state index is -0.802. The standard InChI is InChI=1S/C14H24N2O4/c1-2-20-14(19)12-9-10(13(17)18)5-8-16(12)11-3-6-15-7-4-11/h10-12,15H,2-9H2,1H3,(H,17,18)/t10?,12-/m1/s1. The van der Waals surface area contributed by atoms with E-state index in [0.29, 0.717) is 32.0 Å². The normalized spacial score (nSPS) is 29.1. The second kappa shape index (κ2) is 7.04. The summed E-state index contributed by atoms with van der Waals surface area (Å²) in [6.07, 6.45) is 3.01. The van der Waals surface area contributed by atoms with Crippen LogP contribution in [0.1, 0.15) is 32.6 Å². The fraction of sp³-hybridized carbons (Fsp3) is 0.857. The molecule has 2 rings (SSSR count). The van der Waals surface area contributed by atoms with Gasteiger partial charge >= 0.3 is 11.9 Å². The third kappa shape index (κ3) is 3.49. The van der Waals surface area contributed by atoms with Crippen LogP contribution in [0.15, 0.2) is 0 Å². The molecule has 6 heteroatoms. The quantitative estimate of drug-likeness (QED) is 0.731. The smallest absolute Gasteiger partial charge is 0.323 e. The van der Waals surface area contributed by atoms with Crippen molar-refractivity contribution < 1.29 is 19.4 Å². The molecule has 0 bridgehead atoms. The molecule has 2 N–H and O–H groups in total. The van der Waals surface area contributed by atoms with E-state index in [4.69, 9.17) is 4.74 Å². The molecular weight excluding hydrogens is 260 g/mol. The molecule has 0 spiro atoms. The van der Waals surface area contributed by atoms with E-state index in [1.54, 1.807) is 6.92 Å². The van der Waals surface area contributed by atoms with Crippen LogP contribution in [0.3, 0.4) is 0 Å². The first-order valence-electron chi connectivity index (χ1n) is 7.49. The second-order valence-electron chi connectivity index (χ2n) is 5.55. The highest BCUT2D eigenvalue weighted by Gasteiger charge is 2.40. The SMILES string of the molecule is CCOC(=O)[C@H]1CC(C(=O)O)CCN1C1CCNCC1. The Kier molecular flexibility index (Phi) is 5.37. The highest BCUT2D eigenvalue weighted by Crippen LogP contribution is 2.28. The van der Waals surface area contributed by atoms with Gasteiger partial charge in [-0.3, -0.25) is 14.5 Å². The average Bonchev–Trinajstić information content (AvgIpc) is 2.47. The Morgan fingerprint density at radius 3 is 2.60 bits per heavy atom. The minimum Gasteiger partial charge on any atom is -0.481 e. The first-order valence-corrected chi connectivity index (χ1v) is 7.49. The molecule has 0 aliphatic carbocycles. The van der Waals surface area contributed by atoms with Crippen molar-refractivity contribution in [3.8, 4) is 0 Å². The maximum Gasteiger partial charge on any atom is 0.323 e. The van der Waals surface area contributed by atoms with Crippen LogP contribution < -0.4 is 5.32 Å². The highest BCUT2D eigenvalue weighted by atomic mass is 16.5. The number of hydrogen-bond acceptors (Lipinski definition) is 5. The molecule has 2 fully saturated rings. The van der Waals surface area contributed by atoms with Crippen molar-refractivity contribution in [2.24, 2.45) is 5.92 Å². The van der Waals surface area contributed by atoms with Gasteiger partial charge in [-0.1, -0.05) is 0 Å². The Bertz CT molecular complexity index is 355. The van der Waals surface area contributed by atoms with Crippen LogP contribution in [-0.4, -0.2) is 60.3 Å². The average molecular weight is 284 g/mol. The van der Waals surface area contributed by atoms with Gasteiger partial charge < -0.3 is 15.2 Å². The molecule has 0 amide bonds.